The maximum Gasteiger partial charge on any atom is 0.308 e. The van der Waals surface area contributed by atoms with Gasteiger partial charge >= 0.3 is 5.97 Å². The van der Waals surface area contributed by atoms with Gasteiger partial charge in [-0.15, -0.1) is 0 Å². The first-order chi connectivity index (χ1) is 13.1. The van der Waals surface area contributed by atoms with Crippen molar-refractivity contribution in [3.63, 3.8) is 0 Å². The highest BCUT2D eigenvalue weighted by Crippen LogP contribution is 2.19. The highest BCUT2D eigenvalue weighted by molar-refractivity contribution is 6.05. The molecular formula is C22H24N2O4. The summed E-state index contributed by atoms with van der Waals surface area (Å²) in [5.74, 6) is -0.758. The molecule has 0 fully saturated rings. The van der Waals surface area contributed by atoms with Crippen LogP contribution >= 0.6 is 0 Å². The van der Waals surface area contributed by atoms with Crippen LogP contribution in [0, 0.1) is 5.41 Å². The summed E-state index contributed by atoms with van der Waals surface area (Å²) in [6.45, 7) is 7.30. The van der Waals surface area contributed by atoms with Crippen LogP contribution in [0.15, 0.2) is 60.7 Å². The lowest BCUT2D eigenvalue weighted by molar-refractivity contribution is -0.131. The van der Waals surface area contributed by atoms with E-state index in [0.29, 0.717) is 22.7 Å². The zero-order valence-electron chi connectivity index (χ0n) is 16.4. The molecular weight excluding hydrogens is 356 g/mol. The summed E-state index contributed by atoms with van der Waals surface area (Å²) in [5.41, 5.74) is 1.35. The molecule has 0 aromatic heterocycles. The van der Waals surface area contributed by atoms with Gasteiger partial charge in [0.2, 0.25) is 5.91 Å². The van der Waals surface area contributed by atoms with Gasteiger partial charge in [-0.1, -0.05) is 39.0 Å². The SMILES string of the molecule is CC(=O)Oc1cccc(C(=O)Nc2cccc(NC(=O)/C=C/C(C)(C)C)c2)c1. The van der Waals surface area contributed by atoms with Crippen molar-refractivity contribution in [3.05, 3.63) is 66.2 Å². The third-order valence-corrected chi connectivity index (χ3v) is 3.48. The molecule has 0 saturated carbocycles. The first-order valence-electron chi connectivity index (χ1n) is 8.82. The molecule has 0 aliphatic heterocycles. The van der Waals surface area contributed by atoms with Gasteiger partial charge in [-0.3, -0.25) is 14.4 Å². The van der Waals surface area contributed by atoms with Gasteiger partial charge < -0.3 is 15.4 Å². The maximum atomic E-state index is 12.4. The van der Waals surface area contributed by atoms with E-state index in [-0.39, 0.29) is 17.2 Å². The normalized spacial score (nSPS) is 11.1. The second-order valence-corrected chi connectivity index (χ2v) is 7.35. The van der Waals surface area contributed by atoms with Gasteiger partial charge in [0.05, 0.1) is 0 Å². The Hall–Kier alpha value is -3.41. The highest BCUT2D eigenvalue weighted by atomic mass is 16.5. The molecule has 2 N–H and O–H groups in total. The number of anilines is 2. The summed E-state index contributed by atoms with van der Waals surface area (Å²) >= 11 is 0. The quantitative estimate of drug-likeness (QED) is 0.457. The van der Waals surface area contributed by atoms with Crippen molar-refractivity contribution < 1.29 is 19.1 Å². The molecule has 6 heteroatoms. The van der Waals surface area contributed by atoms with Crippen LogP contribution in [-0.2, 0) is 9.59 Å². The molecule has 28 heavy (non-hydrogen) atoms. The number of carbonyl (C=O) groups excluding carboxylic acids is 3. The zero-order valence-corrected chi connectivity index (χ0v) is 16.4. The number of hydrogen-bond acceptors (Lipinski definition) is 4. The van der Waals surface area contributed by atoms with Crippen LogP contribution in [0.3, 0.4) is 0 Å². The number of nitrogens with one attached hydrogen (secondary N) is 2. The van der Waals surface area contributed by atoms with Gasteiger partial charge in [-0.2, -0.15) is 0 Å². The zero-order chi connectivity index (χ0) is 20.7. The Morgan fingerprint density at radius 3 is 2.21 bits per heavy atom. The minimum atomic E-state index is -0.457. The van der Waals surface area contributed by atoms with Crippen LogP contribution in [0.1, 0.15) is 38.1 Å². The number of rotatable bonds is 5. The molecule has 2 aromatic rings. The minimum Gasteiger partial charge on any atom is -0.427 e. The average Bonchev–Trinajstić information content (AvgIpc) is 2.59. The lowest BCUT2D eigenvalue weighted by Crippen LogP contribution is -2.13. The highest BCUT2D eigenvalue weighted by Gasteiger charge is 2.10. The third kappa shape index (κ3) is 7.07. The summed E-state index contributed by atoms with van der Waals surface area (Å²) in [4.78, 5) is 35.5. The van der Waals surface area contributed by atoms with E-state index >= 15 is 0 Å². The fourth-order valence-electron chi connectivity index (χ4n) is 2.25. The van der Waals surface area contributed by atoms with E-state index in [4.69, 9.17) is 4.74 Å². The molecule has 0 aliphatic carbocycles. The molecule has 0 atom stereocenters. The summed E-state index contributed by atoms with van der Waals surface area (Å²) in [7, 11) is 0. The van der Waals surface area contributed by atoms with Gasteiger partial charge in [-0.05, 0) is 47.9 Å². The Labute approximate surface area is 164 Å². The molecule has 0 saturated heterocycles. The Bertz CT molecular complexity index is 911. The lowest BCUT2D eigenvalue weighted by Gasteiger charge is -2.11. The fourth-order valence-corrected chi connectivity index (χ4v) is 2.25. The van der Waals surface area contributed by atoms with Crippen LogP contribution in [-0.4, -0.2) is 17.8 Å². The number of allylic oxidation sites excluding steroid dienone is 1. The number of carbonyl (C=O) groups is 3. The van der Waals surface area contributed by atoms with Crippen molar-refractivity contribution in [3.8, 4) is 5.75 Å². The first-order valence-corrected chi connectivity index (χ1v) is 8.82. The van der Waals surface area contributed by atoms with E-state index in [2.05, 4.69) is 10.6 Å². The van der Waals surface area contributed by atoms with E-state index in [1.54, 1.807) is 42.5 Å². The number of hydrogen-bond donors (Lipinski definition) is 2. The Balaban J connectivity index is 2.06. The Morgan fingerprint density at radius 1 is 0.929 bits per heavy atom. The van der Waals surface area contributed by atoms with E-state index in [1.165, 1.54) is 19.1 Å². The van der Waals surface area contributed by atoms with Gasteiger partial charge in [0, 0.05) is 23.9 Å². The molecule has 0 aliphatic rings. The fraction of sp³-hybridized carbons (Fsp3) is 0.227. The summed E-state index contributed by atoms with van der Waals surface area (Å²) in [6.07, 6.45) is 3.32. The van der Waals surface area contributed by atoms with Crippen molar-refractivity contribution in [2.75, 3.05) is 10.6 Å². The Morgan fingerprint density at radius 2 is 1.57 bits per heavy atom. The molecule has 0 heterocycles. The molecule has 146 valence electrons. The van der Waals surface area contributed by atoms with Crippen molar-refractivity contribution in [2.24, 2.45) is 5.41 Å². The third-order valence-electron chi connectivity index (χ3n) is 3.48. The number of amides is 2. The van der Waals surface area contributed by atoms with Crippen LogP contribution in [0.5, 0.6) is 5.75 Å². The number of esters is 1. The smallest absolute Gasteiger partial charge is 0.308 e. The molecule has 2 aromatic carbocycles. The summed E-state index contributed by atoms with van der Waals surface area (Å²) in [6, 6.07) is 13.2. The molecule has 0 radical (unpaired) electrons. The van der Waals surface area contributed by atoms with E-state index in [9.17, 15) is 14.4 Å². The van der Waals surface area contributed by atoms with Gasteiger partial charge in [-0.25, -0.2) is 0 Å². The summed E-state index contributed by atoms with van der Waals surface area (Å²) in [5, 5.41) is 5.52. The lowest BCUT2D eigenvalue weighted by atomic mass is 9.96. The first kappa shape index (κ1) is 20.9. The largest absolute Gasteiger partial charge is 0.427 e. The van der Waals surface area contributed by atoms with E-state index in [0.717, 1.165) is 0 Å². The topological polar surface area (TPSA) is 84.5 Å². The monoisotopic (exact) mass is 380 g/mol. The predicted octanol–water partition coefficient (Wildman–Crippen LogP) is 4.41. The Kier molecular flexibility index (Phi) is 6.71. The van der Waals surface area contributed by atoms with E-state index < -0.39 is 5.97 Å². The average molecular weight is 380 g/mol. The van der Waals surface area contributed by atoms with Gasteiger partial charge in [0.1, 0.15) is 5.75 Å². The van der Waals surface area contributed by atoms with Crippen LogP contribution in [0.2, 0.25) is 0 Å². The number of benzene rings is 2. The maximum absolute atomic E-state index is 12.4. The van der Waals surface area contributed by atoms with Gasteiger partial charge in [0.25, 0.3) is 5.91 Å². The predicted molar refractivity (Wildman–Crippen MR) is 109 cm³/mol. The second kappa shape index (κ2) is 8.99. The van der Waals surface area contributed by atoms with Crippen LogP contribution in [0.25, 0.3) is 0 Å². The van der Waals surface area contributed by atoms with Gasteiger partial charge in [0.15, 0.2) is 0 Å². The van der Waals surface area contributed by atoms with E-state index in [1.807, 2.05) is 26.8 Å². The molecule has 0 bridgehead atoms. The van der Waals surface area contributed by atoms with Crippen molar-refractivity contribution >= 4 is 29.2 Å². The van der Waals surface area contributed by atoms with Crippen molar-refractivity contribution in [2.45, 2.75) is 27.7 Å². The molecule has 2 rings (SSSR count). The van der Waals surface area contributed by atoms with Crippen molar-refractivity contribution in [1.29, 1.82) is 0 Å². The standard InChI is InChI=1S/C22H24N2O4/c1-15(25)28-19-10-5-7-16(13-19)21(27)24-18-9-6-8-17(14-18)23-20(26)11-12-22(2,3)4/h5-14H,1-4H3,(H,23,26)(H,24,27)/b12-11+. The van der Waals surface area contributed by atoms with Crippen LogP contribution in [0.4, 0.5) is 11.4 Å². The van der Waals surface area contributed by atoms with Crippen molar-refractivity contribution in [1.82, 2.24) is 0 Å². The molecule has 6 nitrogen and oxygen atoms in total. The summed E-state index contributed by atoms with van der Waals surface area (Å²) < 4.78 is 4.99. The number of ether oxygens (including phenoxy) is 1. The van der Waals surface area contributed by atoms with Crippen LogP contribution < -0.4 is 15.4 Å². The molecule has 0 unspecified atom stereocenters. The molecule has 0 spiro atoms. The molecule has 2 amide bonds. The minimum absolute atomic E-state index is 0.0895. The second-order valence-electron chi connectivity index (χ2n) is 7.35.